The SMILES string of the molecule is COc1ccc2c(COC(=O)c3ccc(N)c([N+](=O)[O-])c3)cc(=O)oc2c1. The molecule has 27 heavy (non-hydrogen) atoms. The number of rotatable bonds is 5. The van der Waals surface area contributed by atoms with E-state index in [1.54, 1.807) is 18.2 Å². The molecule has 3 rings (SSSR count). The Balaban J connectivity index is 1.86. The maximum absolute atomic E-state index is 12.2. The quantitative estimate of drug-likeness (QED) is 0.238. The number of carbonyl (C=O) groups is 1. The Morgan fingerprint density at radius 3 is 2.70 bits per heavy atom. The Kier molecular flexibility index (Phi) is 4.75. The normalized spacial score (nSPS) is 10.6. The minimum atomic E-state index is -0.784. The molecular formula is C18H14N2O7. The summed E-state index contributed by atoms with van der Waals surface area (Å²) in [5.41, 5.74) is 5.15. The second-order valence-electron chi connectivity index (χ2n) is 5.56. The van der Waals surface area contributed by atoms with Gasteiger partial charge in [-0.3, -0.25) is 10.1 Å². The molecule has 0 unspecified atom stereocenters. The lowest BCUT2D eigenvalue weighted by Gasteiger charge is -2.08. The molecule has 0 spiro atoms. The summed E-state index contributed by atoms with van der Waals surface area (Å²) in [6.45, 7) is -0.217. The highest BCUT2D eigenvalue weighted by atomic mass is 16.6. The van der Waals surface area contributed by atoms with Crippen LogP contribution in [0.25, 0.3) is 11.0 Å². The van der Waals surface area contributed by atoms with Gasteiger partial charge in [0.15, 0.2) is 0 Å². The van der Waals surface area contributed by atoms with Gasteiger partial charge in [-0.05, 0) is 24.3 Å². The molecule has 0 aliphatic heterocycles. The van der Waals surface area contributed by atoms with Gasteiger partial charge in [0, 0.05) is 29.1 Å². The Bertz CT molecular complexity index is 1100. The summed E-state index contributed by atoms with van der Waals surface area (Å²) >= 11 is 0. The average Bonchev–Trinajstić information content (AvgIpc) is 2.65. The molecule has 0 aliphatic rings. The van der Waals surface area contributed by atoms with Gasteiger partial charge < -0.3 is 19.6 Å². The van der Waals surface area contributed by atoms with Crippen LogP contribution in [0.1, 0.15) is 15.9 Å². The topological polar surface area (TPSA) is 135 Å². The van der Waals surface area contributed by atoms with E-state index in [-0.39, 0.29) is 29.1 Å². The van der Waals surface area contributed by atoms with E-state index < -0.39 is 16.5 Å². The van der Waals surface area contributed by atoms with Crippen molar-refractivity contribution in [2.75, 3.05) is 12.8 Å². The van der Waals surface area contributed by atoms with Crippen LogP contribution in [-0.2, 0) is 11.3 Å². The van der Waals surface area contributed by atoms with Crippen LogP contribution in [0.3, 0.4) is 0 Å². The number of benzene rings is 2. The number of nitrogens with zero attached hydrogens (tertiary/aromatic N) is 1. The van der Waals surface area contributed by atoms with Crippen molar-refractivity contribution in [1.82, 2.24) is 0 Å². The average molecular weight is 370 g/mol. The highest BCUT2D eigenvalue weighted by molar-refractivity contribution is 5.91. The van der Waals surface area contributed by atoms with Crippen LogP contribution in [0.15, 0.2) is 51.7 Å². The Morgan fingerprint density at radius 1 is 1.22 bits per heavy atom. The lowest BCUT2D eigenvalue weighted by atomic mass is 10.1. The van der Waals surface area contributed by atoms with E-state index in [0.717, 1.165) is 6.07 Å². The number of ether oxygens (including phenoxy) is 2. The lowest BCUT2D eigenvalue weighted by Crippen LogP contribution is -2.09. The van der Waals surface area contributed by atoms with Gasteiger partial charge in [0.2, 0.25) is 0 Å². The van der Waals surface area contributed by atoms with Crippen molar-refractivity contribution in [3.63, 3.8) is 0 Å². The summed E-state index contributed by atoms with van der Waals surface area (Å²) in [6, 6.07) is 9.74. The van der Waals surface area contributed by atoms with Crippen LogP contribution in [0, 0.1) is 10.1 Å². The first-order valence-corrected chi connectivity index (χ1v) is 7.71. The molecule has 1 heterocycles. The van der Waals surface area contributed by atoms with Crippen LogP contribution in [0.5, 0.6) is 5.75 Å². The smallest absolute Gasteiger partial charge is 0.338 e. The standard InChI is InChI=1S/C18H14N2O7/c1-25-12-3-4-13-11(7-17(21)27-16(13)8-12)9-26-18(22)10-2-5-14(19)15(6-10)20(23)24/h2-8H,9,19H2,1H3. The van der Waals surface area contributed by atoms with Gasteiger partial charge in [0.05, 0.1) is 17.6 Å². The number of anilines is 1. The van der Waals surface area contributed by atoms with E-state index in [1.807, 2.05) is 0 Å². The third-order valence-electron chi connectivity index (χ3n) is 3.86. The number of nitrogens with two attached hydrogens (primary N) is 1. The zero-order chi connectivity index (χ0) is 19.6. The fourth-order valence-electron chi connectivity index (χ4n) is 2.51. The zero-order valence-corrected chi connectivity index (χ0v) is 14.1. The molecule has 1 aromatic heterocycles. The number of methoxy groups -OCH3 is 1. The van der Waals surface area contributed by atoms with Gasteiger partial charge in [-0.1, -0.05) is 0 Å². The van der Waals surface area contributed by atoms with E-state index >= 15 is 0 Å². The van der Waals surface area contributed by atoms with Gasteiger partial charge in [-0.25, -0.2) is 9.59 Å². The summed E-state index contributed by atoms with van der Waals surface area (Å²) < 4.78 is 15.4. The third kappa shape index (κ3) is 3.71. The molecule has 3 aromatic rings. The van der Waals surface area contributed by atoms with Crippen molar-refractivity contribution in [3.8, 4) is 5.75 Å². The number of esters is 1. The van der Waals surface area contributed by atoms with E-state index in [4.69, 9.17) is 19.6 Å². The minimum Gasteiger partial charge on any atom is -0.497 e. The largest absolute Gasteiger partial charge is 0.497 e. The molecule has 9 heteroatoms. The van der Waals surface area contributed by atoms with Crippen molar-refractivity contribution in [2.24, 2.45) is 0 Å². The second-order valence-corrected chi connectivity index (χ2v) is 5.56. The molecule has 0 bridgehead atoms. The van der Waals surface area contributed by atoms with Crippen LogP contribution in [0.2, 0.25) is 0 Å². The number of hydrogen-bond acceptors (Lipinski definition) is 8. The molecular weight excluding hydrogens is 356 g/mol. The first-order chi connectivity index (χ1) is 12.9. The third-order valence-corrected chi connectivity index (χ3v) is 3.86. The molecule has 0 atom stereocenters. The number of nitro groups is 1. The summed E-state index contributed by atoms with van der Waals surface area (Å²) in [6.07, 6.45) is 0. The molecule has 138 valence electrons. The molecule has 2 N–H and O–H groups in total. The van der Waals surface area contributed by atoms with E-state index in [9.17, 15) is 19.7 Å². The van der Waals surface area contributed by atoms with Crippen LogP contribution in [0.4, 0.5) is 11.4 Å². The molecule has 2 aromatic carbocycles. The predicted octanol–water partition coefficient (Wildman–Crippen LogP) is 2.65. The van der Waals surface area contributed by atoms with Crippen LogP contribution >= 0.6 is 0 Å². The van der Waals surface area contributed by atoms with Crippen molar-refractivity contribution in [2.45, 2.75) is 6.61 Å². The van der Waals surface area contributed by atoms with Gasteiger partial charge in [0.1, 0.15) is 23.6 Å². The summed E-state index contributed by atoms with van der Waals surface area (Å²) in [5.74, 6) is -0.276. The number of nitro benzene ring substituents is 1. The maximum atomic E-state index is 12.2. The zero-order valence-electron chi connectivity index (χ0n) is 14.1. The highest BCUT2D eigenvalue weighted by Crippen LogP contribution is 2.25. The predicted molar refractivity (Wildman–Crippen MR) is 95.7 cm³/mol. The molecule has 0 aliphatic carbocycles. The molecule has 0 fully saturated rings. The van der Waals surface area contributed by atoms with Crippen molar-refractivity contribution >= 4 is 28.3 Å². The number of nitrogen functional groups attached to an aromatic ring is 1. The van der Waals surface area contributed by atoms with Crippen LogP contribution in [-0.4, -0.2) is 18.0 Å². The number of carbonyl (C=O) groups excluding carboxylic acids is 1. The van der Waals surface area contributed by atoms with Crippen molar-refractivity contribution in [3.05, 3.63) is 74.1 Å². The van der Waals surface area contributed by atoms with Gasteiger partial charge in [0.25, 0.3) is 5.69 Å². The molecule has 0 amide bonds. The molecule has 9 nitrogen and oxygen atoms in total. The highest BCUT2D eigenvalue weighted by Gasteiger charge is 2.17. The first-order valence-electron chi connectivity index (χ1n) is 7.71. The summed E-state index contributed by atoms with van der Waals surface area (Å²) in [5, 5.41) is 11.5. The van der Waals surface area contributed by atoms with E-state index in [2.05, 4.69) is 0 Å². The fourth-order valence-corrected chi connectivity index (χ4v) is 2.51. The summed E-state index contributed by atoms with van der Waals surface area (Å²) in [4.78, 5) is 34.2. The van der Waals surface area contributed by atoms with Gasteiger partial charge in [-0.15, -0.1) is 0 Å². The Hall–Kier alpha value is -3.88. The van der Waals surface area contributed by atoms with E-state index in [1.165, 1.54) is 25.3 Å². The molecule has 0 saturated carbocycles. The Morgan fingerprint density at radius 2 is 2.00 bits per heavy atom. The van der Waals surface area contributed by atoms with Crippen LogP contribution < -0.4 is 16.1 Å². The number of hydrogen-bond donors (Lipinski definition) is 1. The van der Waals surface area contributed by atoms with Crippen molar-refractivity contribution in [1.29, 1.82) is 0 Å². The van der Waals surface area contributed by atoms with Crippen molar-refractivity contribution < 1.29 is 23.6 Å². The minimum absolute atomic E-state index is 0.0233. The maximum Gasteiger partial charge on any atom is 0.338 e. The molecule has 0 radical (unpaired) electrons. The Labute approximate surface area is 152 Å². The second kappa shape index (κ2) is 7.16. The monoisotopic (exact) mass is 370 g/mol. The van der Waals surface area contributed by atoms with Gasteiger partial charge >= 0.3 is 11.6 Å². The van der Waals surface area contributed by atoms with E-state index in [0.29, 0.717) is 16.7 Å². The fraction of sp³-hybridized carbons (Fsp3) is 0.111. The molecule has 0 saturated heterocycles. The van der Waals surface area contributed by atoms with Gasteiger partial charge in [-0.2, -0.15) is 0 Å². The lowest BCUT2D eigenvalue weighted by molar-refractivity contribution is -0.383. The summed E-state index contributed by atoms with van der Waals surface area (Å²) in [7, 11) is 1.48. The first kappa shape index (κ1) is 17.9. The number of fused-ring (bicyclic) bond motifs is 1.